The number of amides is 2. The summed E-state index contributed by atoms with van der Waals surface area (Å²) in [6.07, 6.45) is 3.43. The molecule has 4 rings (SSSR count). The molecule has 4 N–H and O–H groups in total. The second-order valence-electron chi connectivity index (χ2n) is 7.97. The molecule has 31 heavy (non-hydrogen) atoms. The lowest BCUT2D eigenvalue weighted by atomic mass is 9.98. The second kappa shape index (κ2) is 9.14. The summed E-state index contributed by atoms with van der Waals surface area (Å²) < 4.78 is 0. The molecular weight excluding hydrogens is 386 g/mol. The van der Waals surface area contributed by atoms with Crippen LogP contribution in [-0.2, 0) is 4.79 Å². The number of unbranched alkanes of at least 4 members (excludes halogenated alkanes) is 2. The summed E-state index contributed by atoms with van der Waals surface area (Å²) >= 11 is 0. The van der Waals surface area contributed by atoms with Crippen LogP contribution in [0.25, 0.3) is 32.3 Å². The quantitative estimate of drug-likeness (QED) is 0.282. The SMILES string of the molecule is CCCCCNCC(=O)Nc1ccc2cc3cc4ccc(C(N)=O)cc4cc3cc2c1. The van der Waals surface area contributed by atoms with Crippen molar-refractivity contribution in [3.8, 4) is 0 Å². The van der Waals surface area contributed by atoms with Gasteiger partial charge in [0.05, 0.1) is 6.54 Å². The van der Waals surface area contributed by atoms with Crippen molar-refractivity contribution in [2.24, 2.45) is 5.73 Å². The Bertz CT molecular complexity index is 1280. The number of benzene rings is 4. The van der Waals surface area contributed by atoms with Crippen molar-refractivity contribution in [3.63, 3.8) is 0 Å². The van der Waals surface area contributed by atoms with Crippen molar-refractivity contribution in [2.45, 2.75) is 26.2 Å². The first kappa shape index (κ1) is 20.8. The van der Waals surface area contributed by atoms with Gasteiger partial charge in [0, 0.05) is 11.3 Å². The fraction of sp³-hybridized carbons (Fsp3) is 0.231. The molecule has 0 radical (unpaired) electrons. The van der Waals surface area contributed by atoms with E-state index in [4.69, 9.17) is 5.73 Å². The number of nitrogens with one attached hydrogen (secondary N) is 2. The molecule has 0 unspecified atom stereocenters. The van der Waals surface area contributed by atoms with Crippen LogP contribution in [0.1, 0.15) is 36.5 Å². The average molecular weight is 414 g/mol. The Labute approximate surface area is 181 Å². The Hall–Kier alpha value is -3.44. The third-order valence-electron chi connectivity index (χ3n) is 5.56. The molecule has 2 amide bonds. The van der Waals surface area contributed by atoms with E-state index < -0.39 is 5.91 Å². The fourth-order valence-electron chi connectivity index (χ4n) is 3.89. The number of anilines is 1. The number of carbonyl (C=O) groups excluding carboxylic acids is 2. The van der Waals surface area contributed by atoms with E-state index >= 15 is 0 Å². The average Bonchev–Trinajstić information content (AvgIpc) is 2.75. The summed E-state index contributed by atoms with van der Waals surface area (Å²) in [5, 5.41) is 12.5. The van der Waals surface area contributed by atoms with Gasteiger partial charge in [-0.1, -0.05) is 31.9 Å². The molecule has 0 bridgehead atoms. The zero-order valence-corrected chi connectivity index (χ0v) is 17.7. The molecule has 0 saturated heterocycles. The first-order valence-corrected chi connectivity index (χ1v) is 10.8. The minimum atomic E-state index is -0.430. The topological polar surface area (TPSA) is 84.2 Å². The molecule has 0 aliphatic heterocycles. The van der Waals surface area contributed by atoms with E-state index in [0.29, 0.717) is 12.1 Å². The number of hydrogen-bond donors (Lipinski definition) is 3. The molecular formula is C26H27N3O2. The zero-order chi connectivity index (χ0) is 21.8. The summed E-state index contributed by atoms with van der Waals surface area (Å²) in [4.78, 5) is 23.7. The lowest BCUT2D eigenvalue weighted by molar-refractivity contribution is -0.115. The summed E-state index contributed by atoms with van der Waals surface area (Å²) in [5.41, 5.74) is 6.70. The molecule has 4 aromatic rings. The zero-order valence-electron chi connectivity index (χ0n) is 17.7. The van der Waals surface area contributed by atoms with Crippen LogP contribution < -0.4 is 16.4 Å². The Kier molecular flexibility index (Phi) is 6.14. The second-order valence-corrected chi connectivity index (χ2v) is 7.97. The molecule has 0 heterocycles. The van der Waals surface area contributed by atoms with Crippen molar-refractivity contribution in [1.82, 2.24) is 5.32 Å². The van der Waals surface area contributed by atoms with Crippen molar-refractivity contribution < 1.29 is 9.59 Å². The molecule has 0 aromatic heterocycles. The van der Waals surface area contributed by atoms with Crippen LogP contribution in [0.2, 0.25) is 0 Å². The summed E-state index contributed by atoms with van der Waals surface area (Å²) in [5.74, 6) is -0.470. The van der Waals surface area contributed by atoms with Crippen molar-refractivity contribution in [2.75, 3.05) is 18.4 Å². The van der Waals surface area contributed by atoms with Crippen LogP contribution in [0.4, 0.5) is 5.69 Å². The highest BCUT2D eigenvalue weighted by atomic mass is 16.2. The van der Waals surface area contributed by atoms with Gasteiger partial charge in [0.2, 0.25) is 11.8 Å². The minimum Gasteiger partial charge on any atom is -0.366 e. The lowest BCUT2D eigenvalue weighted by Gasteiger charge is -2.09. The third-order valence-corrected chi connectivity index (χ3v) is 5.56. The highest BCUT2D eigenvalue weighted by Gasteiger charge is 2.07. The Morgan fingerprint density at radius 2 is 1.39 bits per heavy atom. The van der Waals surface area contributed by atoms with Gasteiger partial charge < -0.3 is 16.4 Å². The fourth-order valence-corrected chi connectivity index (χ4v) is 3.89. The molecule has 158 valence electrons. The molecule has 5 heteroatoms. The Balaban J connectivity index is 1.58. The van der Waals surface area contributed by atoms with Gasteiger partial charge in [0.15, 0.2) is 0 Å². The van der Waals surface area contributed by atoms with Crippen molar-refractivity contribution in [3.05, 3.63) is 66.2 Å². The van der Waals surface area contributed by atoms with Crippen LogP contribution >= 0.6 is 0 Å². The predicted molar refractivity (Wildman–Crippen MR) is 129 cm³/mol. The number of carbonyl (C=O) groups is 2. The van der Waals surface area contributed by atoms with Gasteiger partial charge in [0.25, 0.3) is 0 Å². The molecule has 5 nitrogen and oxygen atoms in total. The summed E-state index contributed by atoms with van der Waals surface area (Å²) in [6.45, 7) is 3.33. The molecule has 4 aromatic carbocycles. The van der Waals surface area contributed by atoms with Crippen molar-refractivity contribution in [1.29, 1.82) is 0 Å². The maximum atomic E-state index is 12.2. The number of rotatable bonds is 8. The van der Waals surface area contributed by atoms with Crippen LogP contribution in [0.5, 0.6) is 0 Å². The lowest BCUT2D eigenvalue weighted by Crippen LogP contribution is -2.28. The van der Waals surface area contributed by atoms with E-state index in [1.807, 2.05) is 30.3 Å². The third kappa shape index (κ3) is 4.84. The molecule has 0 spiro atoms. The highest BCUT2D eigenvalue weighted by molar-refractivity contribution is 6.07. The normalized spacial score (nSPS) is 11.3. The monoisotopic (exact) mass is 413 g/mol. The molecule has 0 atom stereocenters. The van der Waals surface area contributed by atoms with E-state index in [0.717, 1.165) is 51.0 Å². The minimum absolute atomic E-state index is 0.0402. The van der Waals surface area contributed by atoms with Crippen LogP contribution in [0.3, 0.4) is 0 Å². The van der Waals surface area contributed by atoms with Crippen LogP contribution in [0.15, 0.2) is 60.7 Å². The predicted octanol–water partition coefficient (Wildman–Crippen LogP) is 4.96. The van der Waals surface area contributed by atoms with Gasteiger partial charge >= 0.3 is 0 Å². The van der Waals surface area contributed by atoms with E-state index in [1.165, 1.54) is 12.8 Å². The highest BCUT2D eigenvalue weighted by Crippen LogP contribution is 2.29. The Morgan fingerprint density at radius 3 is 2.06 bits per heavy atom. The number of nitrogens with two attached hydrogens (primary N) is 1. The van der Waals surface area contributed by atoms with Gasteiger partial charge in [0.1, 0.15) is 0 Å². The first-order chi connectivity index (χ1) is 15.0. The van der Waals surface area contributed by atoms with Crippen LogP contribution in [0, 0.1) is 0 Å². The van der Waals surface area contributed by atoms with Crippen molar-refractivity contribution >= 4 is 49.8 Å². The maximum Gasteiger partial charge on any atom is 0.248 e. The van der Waals surface area contributed by atoms with Gasteiger partial charge in [-0.25, -0.2) is 0 Å². The largest absolute Gasteiger partial charge is 0.366 e. The standard InChI is InChI=1S/C26H27N3O2/c1-2-3-4-9-28-16-25(30)29-24-8-7-18-11-21-10-17-5-6-19(26(27)31)12-20(17)13-22(21)14-23(18)15-24/h5-8,10-15,28H,2-4,9,16H2,1H3,(H2,27,31)(H,29,30). The maximum absolute atomic E-state index is 12.2. The Morgan fingerprint density at radius 1 is 0.774 bits per heavy atom. The molecule has 0 fully saturated rings. The number of hydrogen-bond acceptors (Lipinski definition) is 3. The van der Waals surface area contributed by atoms with Gasteiger partial charge in [-0.2, -0.15) is 0 Å². The van der Waals surface area contributed by atoms with Gasteiger partial charge in [-0.15, -0.1) is 0 Å². The molecule has 0 aliphatic carbocycles. The van der Waals surface area contributed by atoms with Gasteiger partial charge in [-0.3, -0.25) is 9.59 Å². The van der Waals surface area contributed by atoms with E-state index in [-0.39, 0.29) is 5.91 Å². The van der Waals surface area contributed by atoms with E-state index in [2.05, 4.69) is 41.8 Å². The number of fused-ring (bicyclic) bond motifs is 3. The summed E-state index contributed by atoms with van der Waals surface area (Å²) in [6, 6.07) is 19.9. The smallest absolute Gasteiger partial charge is 0.248 e. The van der Waals surface area contributed by atoms with Crippen LogP contribution in [-0.4, -0.2) is 24.9 Å². The van der Waals surface area contributed by atoms with Gasteiger partial charge in [-0.05, 0) is 93.8 Å². The first-order valence-electron chi connectivity index (χ1n) is 10.8. The number of primary amides is 1. The van der Waals surface area contributed by atoms with E-state index in [9.17, 15) is 9.59 Å². The summed E-state index contributed by atoms with van der Waals surface area (Å²) in [7, 11) is 0. The molecule has 0 saturated carbocycles. The molecule has 0 aliphatic rings. The van der Waals surface area contributed by atoms with E-state index in [1.54, 1.807) is 6.07 Å².